The maximum Gasteiger partial charge on any atom is 0.234 e. The molecule has 0 saturated heterocycles. The Bertz CT molecular complexity index is 1160. The SMILES string of the molecule is O=C(CSc1ccc(-c2ccc3ccccc3c2)nn1)Nc1cc(Cl)cc(Cl)c1. The molecule has 0 fully saturated rings. The number of benzene rings is 3. The van der Waals surface area contributed by atoms with Crippen molar-refractivity contribution in [3.63, 3.8) is 0 Å². The zero-order valence-electron chi connectivity index (χ0n) is 15.1. The van der Waals surface area contributed by atoms with Crippen LogP contribution in [0.4, 0.5) is 5.69 Å². The number of nitrogens with zero attached hydrogens (tertiary/aromatic N) is 2. The second kappa shape index (κ2) is 8.82. The Kier molecular flexibility index (Phi) is 6.00. The van der Waals surface area contributed by atoms with Gasteiger partial charge in [0, 0.05) is 21.3 Å². The van der Waals surface area contributed by atoms with Crippen molar-refractivity contribution < 1.29 is 4.79 Å². The van der Waals surface area contributed by atoms with Crippen LogP contribution < -0.4 is 5.32 Å². The quantitative estimate of drug-likeness (QED) is 0.368. The number of anilines is 1. The smallest absolute Gasteiger partial charge is 0.234 e. The molecule has 144 valence electrons. The molecule has 0 aliphatic heterocycles. The van der Waals surface area contributed by atoms with Gasteiger partial charge in [-0.05, 0) is 47.2 Å². The van der Waals surface area contributed by atoms with Crippen LogP contribution >= 0.6 is 35.0 Å². The molecule has 0 spiro atoms. The van der Waals surface area contributed by atoms with Crippen LogP contribution in [0.25, 0.3) is 22.0 Å². The Morgan fingerprint density at radius 1 is 0.862 bits per heavy atom. The molecule has 29 heavy (non-hydrogen) atoms. The van der Waals surface area contributed by atoms with Gasteiger partial charge in [-0.15, -0.1) is 10.2 Å². The fourth-order valence-corrected chi connectivity index (χ4v) is 4.00. The van der Waals surface area contributed by atoms with Crippen molar-refractivity contribution in [2.24, 2.45) is 0 Å². The summed E-state index contributed by atoms with van der Waals surface area (Å²) in [4.78, 5) is 12.2. The lowest BCUT2D eigenvalue weighted by Crippen LogP contribution is -2.14. The number of aromatic nitrogens is 2. The van der Waals surface area contributed by atoms with Crippen molar-refractivity contribution in [1.82, 2.24) is 10.2 Å². The van der Waals surface area contributed by atoms with E-state index in [0.29, 0.717) is 20.8 Å². The molecule has 4 nitrogen and oxygen atoms in total. The lowest BCUT2D eigenvalue weighted by Gasteiger charge is -2.06. The van der Waals surface area contributed by atoms with E-state index in [2.05, 4.69) is 39.8 Å². The monoisotopic (exact) mass is 439 g/mol. The molecule has 0 unspecified atom stereocenters. The van der Waals surface area contributed by atoms with Gasteiger partial charge in [0.25, 0.3) is 0 Å². The summed E-state index contributed by atoms with van der Waals surface area (Å²) in [7, 11) is 0. The normalized spacial score (nSPS) is 10.8. The van der Waals surface area contributed by atoms with E-state index in [1.165, 1.54) is 17.1 Å². The summed E-state index contributed by atoms with van der Waals surface area (Å²) in [5.74, 6) is 0.0300. The molecule has 0 radical (unpaired) electrons. The number of fused-ring (bicyclic) bond motifs is 1. The average Bonchev–Trinajstić information content (AvgIpc) is 2.71. The van der Waals surface area contributed by atoms with Crippen LogP contribution in [0.15, 0.2) is 77.8 Å². The maximum absolute atomic E-state index is 12.2. The van der Waals surface area contributed by atoms with E-state index in [4.69, 9.17) is 23.2 Å². The van der Waals surface area contributed by atoms with Gasteiger partial charge in [0.2, 0.25) is 5.91 Å². The van der Waals surface area contributed by atoms with Gasteiger partial charge in [0.15, 0.2) is 0 Å². The second-order valence-corrected chi connectivity index (χ2v) is 8.18. The van der Waals surface area contributed by atoms with Gasteiger partial charge in [-0.2, -0.15) is 0 Å². The van der Waals surface area contributed by atoms with E-state index < -0.39 is 0 Å². The zero-order valence-corrected chi connectivity index (χ0v) is 17.4. The summed E-state index contributed by atoms with van der Waals surface area (Å²) in [6.07, 6.45) is 0. The molecule has 1 amide bonds. The Morgan fingerprint density at radius 3 is 2.34 bits per heavy atom. The second-order valence-electron chi connectivity index (χ2n) is 6.31. The molecule has 0 atom stereocenters. The molecule has 4 aromatic rings. The third-order valence-corrected chi connectivity index (χ3v) is 5.54. The Balaban J connectivity index is 1.39. The van der Waals surface area contributed by atoms with E-state index >= 15 is 0 Å². The number of rotatable bonds is 5. The van der Waals surface area contributed by atoms with Gasteiger partial charge in [-0.25, -0.2) is 0 Å². The van der Waals surface area contributed by atoms with Crippen LogP contribution in [0, 0.1) is 0 Å². The first-order valence-electron chi connectivity index (χ1n) is 8.78. The van der Waals surface area contributed by atoms with E-state index in [1.807, 2.05) is 30.3 Å². The third-order valence-electron chi connectivity index (χ3n) is 4.18. The summed E-state index contributed by atoms with van der Waals surface area (Å²) in [6.45, 7) is 0. The molecule has 1 N–H and O–H groups in total. The van der Waals surface area contributed by atoms with Crippen molar-refractivity contribution in [3.05, 3.63) is 82.8 Å². The Labute approximate surface area is 182 Å². The minimum atomic E-state index is -0.172. The highest BCUT2D eigenvalue weighted by Crippen LogP contribution is 2.25. The standard InChI is InChI=1S/C22H15Cl2N3OS/c23-17-10-18(24)12-19(11-17)25-21(28)13-29-22-8-7-20(26-27-22)16-6-5-14-3-1-2-4-15(14)9-16/h1-12H,13H2,(H,25,28). The van der Waals surface area contributed by atoms with Crippen LogP contribution in [-0.4, -0.2) is 21.9 Å². The minimum absolute atomic E-state index is 0.172. The lowest BCUT2D eigenvalue weighted by molar-refractivity contribution is -0.113. The van der Waals surface area contributed by atoms with Gasteiger partial charge in [0.1, 0.15) is 5.03 Å². The number of carbonyl (C=O) groups excluding carboxylic acids is 1. The molecule has 7 heteroatoms. The largest absolute Gasteiger partial charge is 0.325 e. The van der Waals surface area contributed by atoms with Crippen molar-refractivity contribution in [3.8, 4) is 11.3 Å². The number of thioether (sulfide) groups is 1. The first-order valence-corrected chi connectivity index (χ1v) is 10.5. The summed E-state index contributed by atoms with van der Waals surface area (Å²) < 4.78 is 0. The number of carbonyl (C=O) groups is 1. The molecule has 0 aliphatic rings. The molecule has 1 aromatic heterocycles. The first-order chi connectivity index (χ1) is 14.1. The van der Waals surface area contributed by atoms with Gasteiger partial charge in [-0.1, -0.05) is 71.4 Å². The molecule has 0 bridgehead atoms. The predicted molar refractivity (Wildman–Crippen MR) is 121 cm³/mol. The maximum atomic E-state index is 12.2. The van der Waals surface area contributed by atoms with Gasteiger partial charge in [-0.3, -0.25) is 4.79 Å². The van der Waals surface area contributed by atoms with Gasteiger partial charge < -0.3 is 5.32 Å². The van der Waals surface area contributed by atoms with Crippen molar-refractivity contribution in [2.45, 2.75) is 5.03 Å². The highest BCUT2D eigenvalue weighted by Gasteiger charge is 2.08. The lowest BCUT2D eigenvalue weighted by atomic mass is 10.1. The van der Waals surface area contributed by atoms with Crippen LogP contribution in [0.5, 0.6) is 0 Å². The van der Waals surface area contributed by atoms with E-state index in [1.54, 1.807) is 18.2 Å². The number of amides is 1. The topological polar surface area (TPSA) is 54.9 Å². The molecule has 0 saturated carbocycles. The molecule has 4 rings (SSSR count). The molecular weight excluding hydrogens is 425 g/mol. The highest BCUT2D eigenvalue weighted by molar-refractivity contribution is 7.99. The number of halogens is 2. The number of hydrogen-bond donors (Lipinski definition) is 1. The molecule has 0 aliphatic carbocycles. The third kappa shape index (κ3) is 5.07. The summed E-state index contributed by atoms with van der Waals surface area (Å²) in [6, 6.07) is 23.1. The number of hydrogen-bond acceptors (Lipinski definition) is 4. The van der Waals surface area contributed by atoms with E-state index in [9.17, 15) is 4.79 Å². The first kappa shape index (κ1) is 19.7. The summed E-state index contributed by atoms with van der Waals surface area (Å²) in [5.41, 5.74) is 2.35. The van der Waals surface area contributed by atoms with Crippen molar-refractivity contribution in [2.75, 3.05) is 11.1 Å². The summed E-state index contributed by atoms with van der Waals surface area (Å²) >= 11 is 13.2. The molecule has 3 aromatic carbocycles. The van der Waals surface area contributed by atoms with Crippen LogP contribution in [-0.2, 0) is 4.79 Å². The number of nitrogens with one attached hydrogen (secondary N) is 1. The van der Waals surface area contributed by atoms with Crippen LogP contribution in [0.1, 0.15) is 0 Å². The van der Waals surface area contributed by atoms with Gasteiger partial charge in [0.05, 0.1) is 11.4 Å². The molecule has 1 heterocycles. The minimum Gasteiger partial charge on any atom is -0.325 e. The van der Waals surface area contributed by atoms with E-state index in [-0.39, 0.29) is 11.7 Å². The predicted octanol–water partition coefficient (Wildman–Crippen LogP) is 6.33. The van der Waals surface area contributed by atoms with Gasteiger partial charge >= 0.3 is 0 Å². The fourth-order valence-electron chi connectivity index (χ4n) is 2.86. The zero-order chi connectivity index (χ0) is 20.2. The Morgan fingerprint density at radius 2 is 1.62 bits per heavy atom. The van der Waals surface area contributed by atoms with Crippen LogP contribution in [0.3, 0.4) is 0 Å². The Hall–Kier alpha value is -2.60. The average molecular weight is 440 g/mol. The highest BCUT2D eigenvalue weighted by atomic mass is 35.5. The van der Waals surface area contributed by atoms with Crippen molar-refractivity contribution >= 4 is 57.3 Å². The molecular formula is C22H15Cl2N3OS. The van der Waals surface area contributed by atoms with E-state index in [0.717, 1.165) is 16.6 Å². The fraction of sp³-hybridized carbons (Fsp3) is 0.0455. The van der Waals surface area contributed by atoms with Crippen molar-refractivity contribution in [1.29, 1.82) is 0 Å². The summed E-state index contributed by atoms with van der Waals surface area (Å²) in [5, 5.41) is 15.3. The van der Waals surface area contributed by atoms with Crippen LogP contribution in [0.2, 0.25) is 10.0 Å².